The Balaban J connectivity index is 2.92. The number of nitrogens with zero attached hydrogens (tertiary/aromatic N) is 1. The molecular weight excluding hydrogens is 202 g/mol. The molecule has 4 nitrogen and oxygen atoms in total. The van der Waals surface area contributed by atoms with E-state index in [0.29, 0.717) is 5.57 Å². The minimum absolute atomic E-state index is 0.00790. The number of amides is 1. The molecule has 0 bridgehead atoms. The average molecular weight is 216 g/mol. The van der Waals surface area contributed by atoms with E-state index in [1.807, 2.05) is 6.92 Å². The van der Waals surface area contributed by atoms with Crippen molar-refractivity contribution in [2.45, 2.75) is 18.3 Å². The second-order valence-corrected chi connectivity index (χ2v) is 3.77. The zero-order chi connectivity index (χ0) is 10.7. The van der Waals surface area contributed by atoms with Crippen LogP contribution in [0.2, 0.25) is 0 Å². The molecule has 14 heavy (non-hydrogen) atoms. The van der Waals surface area contributed by atoms with Crippen LogP contribution in [0.1, 0.15) is 6.92 Å². The summed E-state index contributed by atoms with van der Waals surface area (Å²) in [5, 5.41) is 2.13. The van der Waals surface area contributed by atoms with Gasteiger partial charge in [0.05, 0.1) is 11.0 Å². The summed E-state index contributed by atoms with van der Waals surface area (Å²) < 4.78 is 0. The lowest BCUT2D eigenvalue weighted by Crippen LogP contribution is -2.37. The summed E-state index contributed by atoms with van der Waals surface area (Å²) in [5.41, 5.74) is 6.24. The van der Waals surface area contributed by atoms with Gasteiger partial charge in [0.2, 0.25) is 5.91 Å². The van der Waals surface area contributed by atoms with Crippen molar-refractivity contribution in [3.63, 3.8) is 0 Å². The average Bonchev–Trinajstić information content (AvgIpc) is 2.31. The van der Waals surface area contributed by atoms with Crippen molar-refractivity contribution < 1.29 is 4.79 Å². The molecule has 5 heteroatoms. The van der Waals surface area contributed by atoms with Gasteiger partial charge in [-0.05, 0) is 5.92 Å². The van der Waals surface area contributed by atoms with Gasteiger partial charge in [0, 0.05) is 25.5 Å². The molecule has 0 spiro atoms. The second kappa shape index (κ2) is 4.57. The number of hydrogen-bond acceptors (Lipinski definition) is 3. The van der Waals surface area contributed by atoms with Gasteiger partial charge in [-0.1, -0.05) is 6.92 Å². The molecule has 0 aromatic rings. The summed E-state index contributed by atoms with van der Waals surface area (Å²) in [5.74, 6) is -0.213. The molecule has 78 valence electrons. The largest absolute Gasteiger partial charge is 0.355 e. The highest BCUT2D eigenvalue weighted by Crippen LogP contribution is 2.23. The van der Waals surface area contributed by atoms with E-state index in [2.05, 4.69) is 10.3 Å². The lowest BCUT2D eigenvalue weighted by molar-refractivity contribution is -0.117. The fourth-order valence-corrected chi connectivity index (χ4v) is 1.56. The normalized spacial score (nSPS) is 32.0. The summed E-state index contributed by atoms with van der Waals surface area (Å²) >= 11 is 6.12. The Kier molecular flexibility index (Phi) is 3.66. The first-order valence-corrected chi connectivity index (χ1v) is 4.86. The van der Waals surface area contributed by atoms with Crippen LogP contribution in [0.15, 0.2) is 16.8 Å². The maximum absolute atomic E-state index is 11.4. The number of alkyl halides is 1. The SMILES string of the molecule is CNC(=O)C1=CN=CC(N)C(C)C1Cl. The van der Waals surface area contributed by atoms with E-state index in [1.54, 1.807) is 13.3 Å². The van der Waals surface area contributed by atoms with Crippen LogP contribution in [0.25, 0.3) is 0 Å². The molecular formula is C9H14ClN3O. The second-order valence-electron chi connectivity index (χ2n) is 3.30. The van der Waals surface area contributed by atoms with Gasteiger partial charge in [0.1, 0.15) is 0 Å². The quantitative estimate of drug-likeness (QED) is 0.617. The van der Waals surface area contributed by atoms with Crippen LogP contribution < -0.4 is 11.1 Å². The van der Waals surface area contributed by atoms with Crippen molar-refractivity contribution in [3.05, 3.63) is 11.8 Å². The Bertz CT molecular complexity index is 288. The van der Waals surface area contributed by atoms with Crippen LogP contribution >= 0.6 is 11.6 Å². The van der Waals surface area contributed by atoms with Crippen LogP contribution in [-0.4, -0.2) is 30.6 Å². The number of aliphatic imine (C=N–C) groups is 1. The smallest absolute Gasteiger partial charge is 0.250 e. The number of likely N-dealkylation sites (N-methyl/N-ethyl adjacent to an activating group) is 1. The summed E-state index contributed by atoms with van der Waals surface area (Å²) in [7, 11) is 1.56. The van der Waals surface area contributed by atoms with Gasteiger partial charge in [0.25, 0.3) is 0 Å². The number of carbonyl (C=O) groups is 1. The molecule has 3 atom stereocenters. The molecule has 0 aromatic carbocycles. The van der Waals surface area contributed by atoms with Gasteiger partial charge < -0.3 is 11.1 Å². The standard InChI is InChI=1S/C9H14ClN3O/c1-5-7(11)4-13-3-6(8(5)10)9(14)12-2/h3-5,7-8H,11H2,1-2H3,(H,12,14). The summed E-state index contributed by atoms with van der Waals surface area (Å²) in [6.45, 7) is 1.90. The Morgan fingerprint density at radius 3 is 2.93 bits per heavy atom. The monoisotopic (exact) mass is 215 g/mol. The third-order valence-electron chi connectivity index (χ3n) is 2.33. The lowest BCUT2D eigenvalue weighted by Gasteiger charge is -2.20. The van der Waals surface area contributed by atoms with E-state index in [4.69, 9.17) is 17.3 Å². The molecule has 3 unspecified atom stereocenters. The molecule has 0 aromatic heterocycles. The first-order chi connectivity index (χ1) is 6.57. The van der Waals surface area contributed by atoms with Crippen LogP contribution in [0.4, 0.5) is 0 Å². The highest BCUT2D eigenvalue weighted by molar-refractivity contribution is 6.26. The number of carbonyl (C=O) groups excluding carboxylic acids is 1. The molecule has 1 heterocycles. The van der Waals surface area contributed by atoms with Gasteiger partial charge in [-0.25, -0.2) is 0 Å². The van der Waals surface area contributed by atoms with Crippen molar-refractivity contribution in [1.82, 2.24) is 5.32 Å². The Morgan fingerprint density at radius 2 is 2.36 bits per heavy atom. The van der Waals surface area contributed by atoms with Crippen LogP contribution in [0, 0.1) is 5.92 Å². The van der Waals surface area contributed by atoms with E-state index in [0.717, 1.165) is 0 Å². The van der Waals surface area contributed by atoms with E-state index in [-0.39, 0.29) is 17.9 Å². The molecule has 3 N–H and O–H groups in total. The van der Waals surface area contributed by atoms with Gasteiger partial charge >= 0.3 is 0 Å². The number of halogens is 1. The first kappa shape index (κ1) is 11.2. The van der Waals surface area contributed by atoms with Gasteiger partial charge in [-0.3, -0.25) is 9.79 Å². The van der Waals surface area contributed by atoms with Crippen molar-refractivity contribution >= 4 is 23.7 Å². The van der Waals surface area contributed by atoms with Crippen LogP contribution in [0.3, 0.4) is 0 Å². The highest BCUT2D eigenvalue weighted by Gasteiger charge is 2.28. The Labute approximate surface area is 88.2 Å². The third-order valence-corrected chi connectivity index (χ3v) is 2.96. The van der Waals surface area contributed by atoms with Crippen molar-refractivity contribution in [1.29, 1.82) is 0 Å². The third kappa shape index (κ3) is 2.13. The van der Waals surface area contributed by atoms with Gasteiger partial charge in [0.15, 0.2) is 0 Å². The molecule has 0 fully saturated rings. The maximum atomic E-state index is 11.4. The molecule has 1 amide bonds. The molecule has 0 radical (unpaired) electrons. The maximum Gasteiger partial charge on any atom is 0.250 e. The molecule has 1 aliphatic rings. The minimum Gasteiger partial charge on any atom is -0.355 e. The predicted octanol–water partition coefficient (Wildman–Crippen LogP) is 0.272. The number of nitrogens with two attached hydrogens (primary N) is 1. The minimum atomic E-state index is -0.396. The number of hydrogen-bond donors (Lipinski definition) is 2. The molecule has 0 saturated heterocycles. The first-order valence-electron chi connectivity index (χ1n) is 4.43. The lowest BCUT2D eigenvalue weighted by atomic mass is 9.95. The van der Waals surface area contributed by atoms with Gasteiger partial charge in [-0.15, -0.1) is 11.6 Å². The zero-order valence-electron chi connectivity index (χ0n) is 8.20. The zero-order valence-corrected chi connectivity index (χ0v) is 8.95. The summed E-state index contributed by atoms with van der Waals surface area (Å²) in [4.78, 5) is 15.3. The molecule has 0 saturated carbocycles. The Morgan fingerprint density at radius 1 is 1.71 bits per heavy atom. The van der Waals surface area contributed by atoms with Gasteiger partial charge in [-0.2, -0.15) is 0 Å². The van der Waals surface area contributed by atoms with E-state index < -0.39 is 5.38 Å². The number of nitrogens with one attached hydrogen (secondary N) is 1. The molecule has 0 aliphatic carbocycles. The fourth-order valence-electron chi connectivity index (χ4n) is 1.24. The summed E-state index contributed by atoms with van der Waals surface area (Å²) in [6.07, 6.45) is 3.08. The fraction of sp³-hybridized carbons (Fsp3) is 0.556. The molecule has 1 rings (SSSR count). The number of rotatable bonds is 1. The Hall–Kier alpha value is -0.870. The van der Waals surface area contributed by atoms with E-state index in [9.17, 15) is 4.79 Å². The topological polar surface area (TPSA) is 67.5 Å². The van der Waals surface area contributed by atoms with Crippen molar-refractivity contribution in [3.8, 4) is 0 Å². The molecule has 1 aliphatic heterocycles. The van der Waals surface area contributed by atoms with Crippen LogP contribution in [0.5, 0.6) is 0 Å². The van der Waals surface area contributed by atoms with E-state index in [1.165, 1.54) is 6.20 Å². The van der Waals surface area contributed by atoms with Crippen LogP contribution in [-0.2, 0) is 4.79 Å². The van der Waals surface area contributed by atoms with Crippen molar-refractivity contribution in [2.75, 3.05) is 7.05 Å². The van der Waals surface area contributed by atoms with E-state index >= 15 is 0 Å². The predicted molar refractivity (Wildman–Crippen MR) is 57.4 cm³/mol. The van der Waals surface area contributed by atoms with Crippen molar-refractivity contribution in [2.24, 2.45) is 16.6 Å². The highest BCUT2D eigenvalue weighted by atomic mass is 35.5. The summed E-state index contributed by atoms with van der Waals surface area (Å²) in [6, 6.07) is -0.212.